The zero-order chi connectivity index (χ0) is 22.8. The Hall–Kier alpha value is -4.32. The van der Waals surface area contributed by atoms with Gasteiger partial charge in [0, 0.05) is 30.7 Å². The molecule has 6 nitrogen and oxygen atoms in total. The lowest BCUT2D eigenvalue weighted by atomic mass is 10.1. The van der Waals surface area contributed by atoms with Crippen LogP contribution in [0.1, 0.15) is 26.3 Å². The smallest absolute Gasteiger partial charge is 0.261 e. The summed E-state index contributed by atoms with van der Waals surface area (Å²) in [5.74, 6) is -0.269. The summed E-state index contributed by atoms with van der Waals surface area (Å²) >= 11 is 0. The van der Waals surface area contributed by atoms with Gasteiger partial charge in [-0.05, 0) is 60.5 Å². The summed E-state index contributed by atoms with van der Waals surface area (Å²) in [6, 6.07) is 24.8. The monoisotopic (exact) mass is 437 g/mol. The summed E-state index contributed by atoms with van der Waals surface area (Å²) in [4.78, 5) is 29.7. The average Bonchev–Trinajstić information content (AvgIpc) is 3.54. The Kier molecular flexibility index (Phi) is 5.40. The van der Waals surface area contributed by atoms with Crippen LogP contribution >= 0.6 is 0 Å². The minimum absolute atomic E-state index is 0.0860. The molecule has 2 heterocycles. The fraction of sp³-hybridized carbons (Fsp3) is 0.111. The highest BCUT2D eigenvalue weighted by atomic mass is 16.3. The number of carbonyl (C=O) groups excluding carboxylic acids is 2. The van der Waals surface area contributed by atoms with E-state index in [4.69, 9.17) is 4.42 Å². The predicted molar refractivity (Wildman–Crippen MR) is 129 cm³/mol. The van der Waals surface area contributed by atoms with Gasteiger partial charge in [-0.2, -0.15) is 0 Å². The van der Waals surface area contributed by atoms with Gasteiger partial charge < -0.3 is 19.5 Å². The summed E-state index contributed by atoms with van der Waals surface area (Å²) in [6.07, 6.45) is 3.69. The second-order valence-corrected chi connectivity index (χ2v) is 7.93. The molecule has 0 spiro atoms. The van der Waals surface area contributed by atoms with Crippen molar-refractivity contribution in [1.29, 1.82) is 0 Å². The molecule has 1 N–H and O–H groups in total. The zero-order valence-corrected chi connectivity index (χ0v) is 18.2. The highest BCUT2D eigenvalue weighted by Crippen LogP contribution is 2.32. The summed E-state index contributed by atoms with van der Waals surface area (Å²) in [5, 5.41) is 3.02. The molecule has 1 aromatic heterocycles. The van der Waals surface area contributed by atoms with Gasteiger partial charge in [-0.15, -0.1) is 0 Å². The van der Waals surface area contributed by atoms with Crippen LogP contribution < -0.4 is 15.1 Å². The van der Waals surface area contributed by atoms with Gasteiger partial charge in [0.05, 0.1) is 23.1 Å². The Morgan fingerprint density at radius 2 is 1.76 bits per heavy atom. The first-order chi connectivity index (χ1) is 16.1. The molecule has 1 aliphatic rings. The number of hydrogen-bond acceptors (Lipinski definition) is 4. The van der Waals surface area contributed by atoms with Crippen molar-refractivity contribution in [2.75, 3.05) is 28.7 Å². The molecule has 0 atom stereocenters. The number of benzene rings is 3. The molecule has 0 unspecified atom stereocenters. The lowest BCUT2D eigenvalue weighted by molar-refractivity contribution is 0.0987. The third-order valence-corrected chi connectivity index (χ3v) is 5.90. The summed E-state index contributed by atoms with van der Waals surface area (Å²) < 4.78 is 5.04. The van der Waals surface area contributed by atoms with E-state index < -0.39 is 0 Å². The number of anilines is 4. The molecule has 0 fully saturated rings. The van der Waals surface area contributed by atoms with Crippen LogP contribution in [0, 0.1) is 0 Å². The van der Waals surface area contributed by atoms with Crippen LogP contribution in [0.2, 0.25) is 0 Å². The first-order valence-corrected chi connectivity index (χ1v) is 10.8. The summed E-state index contributed by atoms with van der Waals surface area (Å²) in [5.41, 5.74) is 5.52. The largest absolute Gasteiger partial charge is 0.472 e. The number of hydrogen-bond donors (Lipinski definition) is 1. The molecule has 0 radical (unpaired) electrons. The molecule has 1 aliphatic heterocycles. The molecule has 33 heavy (non-hydrogen) atoms. The number of amides is 2. The average molecular weight is 437 g/mol. The van der Waals surface area contributed by atoms with E-state index in [1.807, 2.05) is 84.7 Å². The number of nitrogens with one attached hydrogen (secondary N) is 1. The number of fused-ring (bicyclic) bond motifs is 1. The minimum Gasteiger partial charge on any atom is -0.472 e. The Balaban J connectivity index is 1.36. The quantitative estimate of drug-likeness (QED) is 0.448. The fourth-order valence-corrected chi connectivity index (χ4v) is 4.18. The van der Waals surface area contributed by atoms with Crippen molar-refractivity contribution in [3.63, 3.8) is 0 Å². The van der Waals surface area contributed by atoms with Crippen LogP contribution in [0.3, 0.4) is 0 Å². The molecule has 6 heteroatoms. The van der Waals surface area contributed by atoms with Gasteiger partial charge in [0.15, 0.2) is 0 Å². The Morgan fingerprint density at radius 1 is 0.970 bits per heavy atom. The molecule has 164 valence electrons. The molecule has 0 saturated carbocycles. The normalized spacial score (nSPS) is 12.3. The van der Waals surface area contributed by atoms with E-state index in [1.165, 1.54) is 12.5 Å². The van der Waals surface area contributed by atoms with E-state index in [-0.39, 0.29) is 11.8 Å². The van der Waals surface area contributed by atoms with E-state index in [2.05, 4.69) is 5.32 Å². The molecular formula is C27H23N3O3. The van der Waals surface area contributed by atoms with Crippen LogP contribution in [-0.4, -0.2) is 25.4 Å². The van der Waals surface area contributed by atoms with Gasteiger partial charge in [-0.25, -0.2) is 0 Å². The molecule has 2 amide bonds. The summed E-state index contributed by atoms with van der Waals surface area (Å²) in [7, 11) is 1.95. The first-order valence-electron chi connectivity index (χ1n) is 10.8. The third kappa shape index (κ3) is 3.99. The molecule has 5 rings (SSSR count). The van der Waals surface area contributed by atoms with Crippen molar-refractivity contribution >= 4 is 34.6 Å². The van der Waals surface area contributed by atoms with Crippen molar-refractivity contribution in [3.05, 3.63) is 108 Å². The van der Waals surface area contributed by atoms with Crippen molar-refractivity contribution in [2.24, 2.45) is 0 Å². The van der Waals surface area contributed by atoms with Crippen LogP contribution in [0.25, 0.3) is 0 Å². The topological polar surface area (TPSA) is 65.8 Å². The first kappa shape index (κ1) is 20.6. The second kappa shape index (κ2) is 8.67. The molecule has 3 aromatic carbocycles. The van der Waals surface area contributed by atoms with Crippen LogP contribution in [0.5, 0.6) is 0 Å². The van der Waals surface area contributed by atoms with E-state index in [1.54, 1.807) is 11.0 Å². The van der Waals surface area contributed by atoms with E-state index >= 15 is 0 Å². The highest BCUT2D eigenvalue weighted by Gasteiger charge is 2.26. The maximum Gasteiger partial charge on any atom is 0.261 e. The molecule has 0 saturated heterocycles. The van der Waals surface area contributed by atoms with Gasteiger partial charge in [-0.1, -0.05) is 30.3 Å². The lowest BCUT2D eigenvalue weighted by Crippen LogP contribution is -2.28. The minimum atomic E-state index is -0.183. The Bertz CT molecular complexity index is 1300. The SMILES string of the molecule is CN(c1ccccc1)c1ccccc1C(=O)Nc1ccc2c(c1)CCN2C(=O)c1ccoc1. The number of carbonyl (C=O) groups is 2. The number of nitrogens with zero attached hydrogens (tertiary/aromatic N) is 2. The van der Waals surface area contributed by atoms with Crippen LogP contribution in [0.15, 0.2) is 95.8 Å². The van der Waals surface area contributed by atoms with Crippen molar-refractivity contribution in [3.8, 4) is 0 Å². The molecule has 0 aliphatic carbocycles. The standard InChI is InChI=1S/C27H23N3O3/c1-29(22-7-3-2-4-8-22)25-10-6-5-9-23(25)26(31)28-21-11-12-24-19(17-21)13-15-30(24)27(32)20-14-16-33-18-20/h2-12,14,16-18H,13,15H2,1H3,(H,28,31). The highest BCUT2D eigenvalue weighted by molar-refractivity contribution is 6.09. The number of para-hydroxylation sites is 2. The molecule has 4 aromatic rings. The maximum atomic E-state index is 13.2. The van der Waals surface area contributed by atoms with Crippen LogP contribution in [-0.2, 0) is 6.42 Å². The van der Waals surface area contributed by atoms with E-state index in [9.17, 15) is 9.59 Å². The Morgan fingerprint density at radius 3 is 2.55 bits per heavy atom. The number of rotatable bonds is 5. The third-order valence-electron chi connectivity index (χ3n) is 5.90. The van der Waals surface area contributed by atoms with Gasteiger partial charge in [-0.3, -0.25) is 9.59 Å². The zero-order valence-electron chi connectivity index (χ0n) is 18.2. The fourth-order valence-electron chi connectivity index (χ4n) is 4.18. The molecule has 0 bridgehead atoms. The maximum absolute atomic E-state index is 13.2. The summed E-state index contributed by atoms with van der Waals surface area (Å²) in [6.45, 7) is 0.599. The van der Waals surface area contributed by atoms with Crippen molar-refractivity contribution in [1.82, 2.24) is 0 Å². The van der Waals surface area contributed by atoms with Gasteiger partial charge in [0.2, 0.25) is 0 Å². The van der Waals surface area contributed by atoms with E-state index in [0.29, 0.717) is 23.4 Å². The van der Waals surface area contributed by atoms with Crippen molar-refractivity contribution < 1.29 is 14.0 Å². The van der Waals surface area contributed by atoms with Crippen LogP contribution in [0.4, 0.5) is 22.7 Å². The van der Waals surface area contributed by atoms with Gasteiger partial charge in [0.1, 0.15) is 6.26 Å². The van der Waals surface area contributed by atoms with Gasteiger partial charge in [0.25, 0.3) is 11.8 Å². The van der Waals surface area contributed by atoms with Crippen molar-refractivity contribution in [2.45, 2.75) is 6.42 Å². The van der Waals surface area contributed by atoms with Gasteiger partial charge >= 0.3 is 0 Å². The molecular weight excluding hydrogens is 414 g/mol. The predicted octanol–water partition coefficient (Wildman–Crippen LogP) is 5.50. The second-order valence-electron chi connectivity index (χ2n) is 7.93. The van der Waals surface area contributed by atoms with E-state index in [0.717, 1.165) is 29.0 Å². The lowest BCUT2D eigenvalue weighted by Gasteiger charge is -2.22. The Labute approximate surface area is 192 Å². The number of furan rings is 1.